The third kappa shape index (κ3) is 3.34. The maximum Gasteiger partial charge on any atom is 0.273 e. The number of hydrogen-bond acceptors (Lipinski definition) is 4. The largest absolute Gasteiger partial charge is 0.492 e. The summed E-state index contributed by atoms with van der Waals surface area (Å²) in [4.78, 5) is 4.42. The van der Waals surface area contributed by atoms with Gasteiger partial charge in [-0.15, -0.1) is 0 Å². The average molecular weight is 391 g/mol. The van der Waals surface area contributed by atoms with Gasteiger partial charge in [-0.25, -0.2) is 17.4 Å². The van der Waals surface area contributed by atoms with E-state index in [9.17, 15) is 8.42 Å². The molecule has 0 bridgehead atoms. The molecule has 0 radical (unpaired) electrons. The highest BCUT2D eigenvalue weighted by molar-refractivity contribution is 7.90. The van der Waals surface area contributed by atoms with E-state index in [-0.39, 0.29) is 10.6 Å². The number of ether oxygens (including phenoxy) is 1. The van der Waals surface area contributed by atoms with Crippen molar-refractivity contribution in [2.45, 2.75) is 25.7 Å². The molecule has 7 heteroatoms. The molecule has 2 aromatic carbocycles. The van der Waals surface area contributed by atoms with Gasteiger partial charge in [-0.05, 0) is 38.5 Å². The van der Waals surface area contributed by atoms with Crippen LogP contribution < -0.4 is 4.74 Å². The monoisotopic (exact) mass is 390 g/mol. The van der Waals surface area contributed by atoms with Crippen molar-refractivity contribution in [1.29, 1.82) is 0 Å². The topological polar surface area (TPSA) is 61.2 Å². The molecule has 0 spiro atoms. The molecule has 3 rings (SSSR count). The number of nitrogens with zero attached hydrogens (tertiary/aromatic N) is 2. The van der Waals surface area contributed by atoms with Crippen molar-refractivity contribution < 1.29 is 13.2 Å². The van der Waals surface area contributed by atoms with E-state index in [1.165, 1.54) is 16.2 Å². The van der Waals surface area contributed by atoms with Crippen LogP contribution >= 0.6 is 11.6 Å². The summed E-state index contributed by atoms with van der Waals surface area (Å²) in [5, 5.41) is 0.366. The molecule has 0 amide bonds. The van der Waals surface area contributed by atoms with Crippen LogP contribution in [0.2, 0.25) is 5.02 Å². The van der Waals surface area contributed by atoms with E-state index >= 15 is 0 Å². The molecule has 5 nitrogen and oxygen atoms in total. The Balaban J connectivity index is 2.24. The standard InChI is InChI=1S/C19H19ClN2O3S/c1-4-25-17-10-13(2)16(20)11-18(17)26(23,24)22-12-14(3)21-19(22)15-8-6-5-7-9-15/h5-12H,4H2,1-3H3. The van der Waals surface area contributed by atoms with Gasteiger partial charge in [0.2, 0.25) is 0 Å². The van der Waals surface area contributed by atoms with Gasteiger partial charge in [-0.1, -0.05) is 41.9 Å². The molecule has 0 aliphatic carbocycles. The van der Waals surface area contributed by atoms with Crippen molar-refractivity contribution >= 4 is 21.6 Å². The summed E-state index contributed by atoms with van der Waals surface area (Å²) in [7, 11) is -3.94. The Kier molecular flexibility index (Phi) is 5.07. The second kappa shape index (κ2) is 7.13. The fourth-order valence-electron chi connectivity index (χ4n) is 2.65. The van der Waals surface area contributed by atoms with Crippen LogP contribution in [0.1, 0.15) is 18.2 Å². The molecule has 0 atom stereocenters. The van der Waals surface area contributed by atoms with Crippen molar-refractivity contribution in [2.75, 3.05) is 6.61 Å². The van der Waals surface area contributed by atoms with Crippen molar-refractivity contribution in [1.82, 2.24) is 8.96 Å². The number of halogens is 1. The van der Waals surface area contributed by atoms with Gasteiger partial charge in [0.15, 0.2) is 5.82 Å². The van der Waals surface area contributed by atoms with E-state index in [1.807, 2.05) is 30.3 Å². The zero-order chi connectivity index (χ0) is 18.9. The third-order valence-corrected chi connectivity index (χ3v) is 5.97. The quantitative estimate of drug-likeness (QED) is 0.645. The van der Waals surface area contributed by atoms with Crippen molar-refractivity contribution in [3.63, 3.8) is 0 Å². The lowest BCUT2D eigenvalue weighted by molar-refractivity contribution is 0.331. The van der Waals surface area contributed by atoms with E-state index in [0.29, 0.717) is 28.7 Å². The van der Waals surface area contributed by atoms with Crippen LogP contribution in [0.3, 0.4) is 0 Å². The molecule has 0 saturated carbocycles. The first-order chi connectivity index (χ1) is 12.3. The minimum Gasteiger partial charge on any atom is -0.492 e. The van der Waals surface area contributed by atoms with E-state index in [2.05, 4.69) is 4.98 Å². The van der Waals surface area contributed by atoms with Gasteiger partial charge in [-0.3, -0.25) is 0 Å². The van der Waals surface area contributed by atoms with Crippen LogP contribution in [0.4, 0.5) is 0 Å². The summed E-state index contributed by atoms with van der Waals surface area (Å²) in [6, 6.07) is 12.3. The van der Waals surface area contributed by atoms with Crippen LogP contribution in [-0.2, 0) is 10.0 Å². The molecular weight excluding hydrogens is 372 g/mol. The Hall–Kier alpha value is -2.31. The molecule has 1 heterocycles. The first kappa shape index (κ1) is 18.5. The maximum absolute atomic E-state index is 13.4. The third-order valence-electron chi connectivity index (χ3n) is 3.89. The number of rotatable bonds is 5. The van der Waals surface area contributed by atoms with Gasteiger partial charge >= 0.3 is 0 Å². The summed E-state index contributed by atoms with van der Waals surface area (Å²) in [5.41, 5.74) is 2.06. The number of benzene rings is 2. The summed E-state index contributed by atoms with van der Waals surface area (Å²) in [6.45, 7) is 5.71. The molecule has 0 saturated heterocycles. The normalized spacial score (nSPS) is 11.5. The maximum atomic E-state index is 13.4. The van der Waals surface area contributed by atoms with Crippen LogP contribution in [0.25, 0.3) is 11.4 Å². The van der Waals surface area contributed by atoms with E-state index in [1.54, 1.807) is 26.8 Å². The summed E-state index contributed by atoms with van der Waals surface area (Å²) in [5.74, 6) is 0.627. The Morgan fingerprint density at radius 1 is 1.15 bits per heavy atom. The minimum atomic E-state index is -3.94. The summed E-state index contributed by atoms with van der Waals surface area (Å²) in [6.07, 6.45) is 1.50. The number of aromatic nitrogens is 2. The van der Waals surface area contributed by atoms with Crippen molar-refractivity contribution in [3.8, 4) is 17.1 Å². The van der Waals surface area contributed by atoms with E-state index in [4.69, 9.17) is 16.3 Å². The molecule has 136 valence electrons. The number of aryl methyl sites for hydroxylation is 2. The highest BCUT2D eigenvalue weighted by atomic mass is 35.5. The molecule has 0 aliphatic rings. The highest BCUT2D eigenvalue weighted by Crippen LogP contribution is 2.33. The lowest BCUT2D eigenvalue weighted by atomic mass is 10.2. The van der Waals surface area contributed by atoms with Crippen LogP contribution in [-0.4, -0.2) is 24.0 Å². The minimum absolute atomic E-state index is 0.0181. The average Bonchev–Trinajstić information content (AvgIpc) is 3.01. The van der Waals surface area contributed by atoms with Gasteiger partial charge in [0.25, 0.3) is 10.0 Å². The molecule has 1 aromatic heterocycles. The molecule has 0 N–H and O–H groups in total. The second-order valence-corrected chi connectivity index (χ2v) is 8.04. The molecule has 0 unspecified atom stereocenters. The second-order valence-electron chi connectivity index (χ2n) is 5.85. The zero-order valence-electron chi connectivity index (χ0n) is 14.7. The SMILES string of the molecule is CCOc1cc(C)c(Cl)cc1S(=O)(=O)n1cc(C)nc1-c1ccccc1. The van der Waals surface area contributed by atoms with E-state index in [0.717, 1.165) is 5.56 Å². The smallest absolute Gasteiger partial charge is 0.273 e. The Morgan fingerprint density at radius 3 is 2.50 bits per heavy atom. The first-order valence-electron chi connectivity index (χ1n) is 8.14. The predicted molar refractivity (Wildman–Crippen MR) is 102 cm³/mol. The van der Waals surface area contributed by atoms with Crippen molar-refractivity contribution in [2.24, 2.45) is 0 Å². The van der Waals surface area contributed by atoms with E-state index < -0.39 is 10.0 Å². The predicted octanol–water partition coefficient (Wildman–Crippen LogP) is 4.46. The lowest BCUT2D eigenvalue weighted by Gasteiger charge is -2.15. The zero-order valence-corrected chi connectivity index (χ0v) is 16.3. The molecule has 0 aliphatic heterocycles. The lowest BCUT2D eigenvalue weighted by Crippen LogP contribution is -2.15. The Labute approximate surface area is 158 Å². The Bertz CT molecular complexity index is 1040. The van der Waals surface area contributed by atoms with Crippen molar-refractivity contribution in [3.05, 3.63) is 64.9 Å². The van der Waals surface area contributed by atoms with Crippen LogP contribution in [0.5, 0.6) is 5.75 Å². The van der Waals surface area contributed by atoms with Gasteiger partial charge in [-0.2, -0.15) is 0 Å². The molecule has 3 aromatic rings. The molecule has 26 heavy (non-hydrogen) atoms. The van der Waals surface area contributed by atoms with Gasteiger partial charge in [0, 0.05) is 16.8 Å². The first-order valence-corrected chi connectivity index (χ1v) is 9.96. The fourth-order valence-corrected chi connectivity index (χ4v) is 4.40. The molecule has 0 fully saturated rings. The van der Waals surface area contributed by atoms with Crippen LogP contribution in [0, 0.1) is 13.8 Å². The van der Waals surface area contributed by atoms with Crippen LogP contribution in [0.15, 0.2) is 53.6 Å². The van der Waals surface area contributed by atoms with Gasteiger partial charge < -0.3 is 4.74 Å². The fraction of sp³-hybridized carbons (Fsp3) is 0.211. The Morgan fingerprint density at radius 2 is 1.85 bits per heavy atom. The molecular formula is C19H19ClN2O3S. The number of hydrogen-bond donors (Lipinski definition) is 0. The highest BCUT2D eigenvalue weighted by Gasteiger charge is 2.27. The van der Waals surface area contributed by atoms with Gasteiger partial charge in [0.1, 0.15) is 10.6 Å². The number of imidazole rings is 1. The summed E-state index contributed by atoms with van der Waals surface area (Å²) >= 11 is 6.20. The summed E-state index contributed by atoms with van der Waals surface area (Å²) < 4.78 is 33.5. The van der Waals surface area contributed by atoms with Gasteiger partial charge in [0.05, 0.1) is 12.3 Å².